The smallest absolute Gasteiger partial charge is 0.223 e. The number of hydrogen-bond acceptors (Lipinski definition) is 2. The van der Waals surface area contributed by atoms with E-state index in [9.17, 15) is 8.78 Å². The van der Waals surface area contributed by atoms with Crippen molar-refractivity contribution in [3.05, 3.63) is 72.6 Å². The summed E-state index contributed by atoms with van der Waals surface area (Å²) in [5.41, 5.74) is 3.03. The van der Waals surface area contributed by atoms with Crippen LogP contribution in [-0.2, 0) is 0 Å². The molecule has 1 aromatic heterocycles. The van der Waals surface area contributed by atoms with Crippen molar-refractivity contribution in [1.82, 2.24) is 4.98 Å². The van der Waals surface area contributed by atoms with Crippen LogP contribution in [0.25, 0.3) is 22.3 Å². The Hall–Kier alpha value is -2.75. The molecular weight excluding hydrogens is 356 g/mol. The van der Waals surface area contributed by atoms with Crippen molar-refractivity contribution < 1.29 is 13.5 Å². The molecule has 3 aromatic rings. The molecule has 0 aliphatic carbocycles. The van der Waals surface area contributed by atoms with E-state index in [4.69, 9.17) is 4.74 Å². The van der Waals surface area contributed by atoms with E-state index in [0.717, 1.165) is 36.0 Å². The summed E-state index contributed by atoms with van der Waals surface area (Å²) in [4.78, 5) is 3.24. The Morgan fingerprint density at radius 3 is 1.96 bits per heavy atom. The van der Waals surface area contributed by atoms with Crippen LogP contribution in [0, 0.1) is 11.9 Å². The Morgan fingerprint density at radius 2 is 1.32 bits per heavy atom. The molecule has 4 heteroatoms. The van der Waals surface area contributed by atoms with Crippen LogP contribution in [0.5, 0.6) is 5.75 Å². The van der Waals surface area contributed by atoms with Crippen LogP contribution in [0.1, 0.15) is 39.0 Å². The highest BCUT2D eigenvalue weighted by atomic mass is 19.1. The number of benzene rings is 2. The SMILES string of the molecule is CCCCCCCOc1ccc(-c2ccc(-c3ccc(F)nc3F)cc2)cc1. The average molecular weight is 381 g/mol. The Bertz CT molecular complexity index is 876. The monoisotopic (exact) mass is 381 g/mol. The van der Waals surface area contributed by atoms with Crippen LogP contribution in [0.15, 0.2) is 60.7 Å². The van der Waals surface area contributed by atoms with Crippen molar-refractivity contribution in [2.24, 2.45) is 0 Å². The molecule has 0 unspecified atom stereocenters. The number of pyridine rings is 1. The second-order valence-electron chi connectivity index (χ2n) is 6.84. The second kappa shape index (κ2) is 9.98. The fourth-order valence-electron chi connectivity index (χ4n) is 3.11. The number of ether oxygens (including phenoxy) is 1. The van der Waals surface area contributed by atoms with Gasteiger partial charge in [-0.05, 0) is 47.4 Å². The van der Waals surface area contributed by atoms with Crippen LogP contribution in [0.2, 0.25) is 0 Å². The lowest BCUT2D eigenvalue weighted by atomic mass is 10.0. The summed E-state index contributed by atoms with van der Waals surface area (Å²) in [7, 11) is 0. The predicted molar refractivity (Wildman–Crippen MR) is 109 cm³/mol. The highest BCUT2D eigenvalue weighted by Crippen LogP contribution is 2.27. The van der Waals surface area contributed by atoms with Crippen molar-refractivity contribution in [1.29, 1.82) is 0 Å². The quantitative estimate of drug-likeness (QED) is 0.293. The first-order chi connectivity index (χ1) is 13.7. The van der Waals surface area contributed by atoms with Crippen LogP contribution in [0.3, 0.4) is 0 Å². The standard InChI is InChI=1S/C24H25F2NO/c1-2-3-4-5-6-17-28-21-13-11-19(12-14-21)18-7-9-20(10-8-18)22-15-16-23(25)27-24(22)26/h7-16H,2-6,17H2,1H3. The molecule has 146 valence electrons. The molecule has 0 radical (unpaired) electrons. The van der Waals surface area contributed by atoms with E-state index in [1.165, 1.54) is 31.7 Å². The summed E-state index contributed by atoms with van der Waals surface area (Å²) in [5.74, 6) is -0.750. The third-order valence-corrected chi connectivity index (χ3v) is 4.71. The highest BCUT2D eigenvalue weighted by Gasteiger charge is 2.08. The van der Waals surface area contributed by atoms with Crippen LogP contribution in [0.4, 0.5) is 8.78 Å². The minimum Gasteiger partial charge on any atom is -0.494 e. The maximum Gasteiger partial charge on any atom is 0.223 e. The zero-order valence-electron chi connectivity index (χ0n) is 16.1. The summed E-state index contributed by atoms with van der Waals surface area (Å²) < 4.78 is 32.6. The maximum absolute atomic E-state index is 13.8. The molecule has 28 heavy (non-hydrogen) atoms. The second-order valence-corrected chi connectivity index (χ2v) is 6.84. The van der Waals surface area contributed by atoms with Gasteiger partial charge >= 0.3 is 0 Å². The van der Waals surface area contributed by atoms with Crippen LogP contribution >= 0.6 is 0 Å². The molecule has 2 nitrogen and oxygen atoms in total. The van der Waals surface area contributed by atoms with E-state index in [2.05, 4.69) is 11.9 Å². The van der Waals surface area contributed by atoms with E-state index in [-0.39, 0.29) is 5.56 Å². The van der Waals surface area contributed by atoms with Gasteiger partial charge in [0.05, 0.1) is 6.61 Å². The van der Waals surface area contributed by atoms with Crippen LogP contribution in [-0.4, -0.2) is 11.6 Å². The first kappa shape index (κ1) is 20.0. The third kappa shape index (κ3) is 5.38. The number of aromatic nitrogens is 1. The van der Waals surface area contributed by atoms with Gasteiger partial charge in [-0.2, -0.15) is 13.8 Å². The highest BCUT2D eigenvalue weighted by molar-refractivity contribution is 5.70. The fraction of sp³-hybridized carbons (Fsp3) is 0.292. The topological polar surface area (TPSA) is 22.1 Å². The van der Waals surface area contributed by atoms with Crippen LogP contribution < -0.4 is 4.74 Å². The van der Waals surface area contributed by atoms with Crippen molar-refractivity contribution in [3.63, 3.8) is 0 Å². The largest absolute Gasteiger partial charge is 0.494 e. The van der Waals surface area contributed by atoms with Gasteiger partial charge in [0.2, 0.25) is 11.9 Å². The Labute approximate surface area is 165 Å². The Kier molecular flexibility index (Phi) is 7.12. The van der Waals surface area contributed by atoms with E-state index in [1.54, 1.807) is 0 Å². The summed E-state index contributed by atoms with van der Waals surface area (Å²) in [6.07, 6.45) is 6.10. The minimum atomic E-state index is -0.818. The molecule has 0 saturated carbocycles. The zero-order valence-corrected chi connectivity index (χ0v) is 16.1. The normalized spacial score (nSPS) is 10.8. The first-order valence-electron chi connectivity index (χ1n) is 9.83. The van der Waals surface area contributed by atoms with Gasteiger partial charge in [0, 0.05) is 5.56 Å². The Morgan fingerprint density at radius 1 is 0.714 bits per heavy atom. The molecule has 3 rings (SSSR count). The molecule has 0 fully saturated rings. The Balaban J connectivity index is 1.59. The van der Waals surface area contributed by atoms with Gasteiger partial charge in [0.1, 0.15) is 5.75 Å². The molecule has 1 heterocycles. The van der Waals surface area contributed by atoms with Gasteiger partial charge in [-0.3, -0.25) is 0 Å². The third-order valence-electron chi connectivity index (χ3n) is 4.71. The number of unbranched alkanes of at least 4 members (excludes halogenated alkanes) is 4. The van der Waals surface area contributed by atoms with Gasteiger partial charge < -0.3 is 4.74 Å². The molecule has 0 spiro atoms. The lowest BCUT2D eigenvalue weighted by molar-refractivity contribution is 0.304. The average Bonchev–Trinajstić information content (AvgIpc) is 2.71. The van der Waals surface area contributed by atoms with Crippen molar-refractivity contribution >= 4 is 0 Å². The van der Waals surface area contributed by atoms with Gasteiger partial charge in [-0.15, -0.1) is 0 Å². The van der Waals surface area contributed by atoms with E-state index in [1.807, 2.05) is 48.5 Å². The molecule has 0 bridgehead atoms. The number of rotatable bonds is 9. The van der Waals surface area contributed by atoms with E-state index >= 15 is 0 Å². The van der Waals surface area contributed by atoms with Crippen molar-refractivity contribution in [2.45, 2.75) is 39.0 Å². The molecule has 0 aliphatic rings. The number of hydrogen-bond donors (Lipinski definition) is 0. The summed E-state index contributed by atoms with van der Waals surface area (Å²) >= 11 is 0. The summed E-state index contributed by atoms with van der Waals surface area (Å²) in [5, 5.41) is 0. The van der Waals surface area contributed by atoms with Gasteiger partial charge in [-0.25, -0.2) is 0 Å². The first-order valence-corrected chi connectivity index (χ1v) is 9.83. The molecule has 0 saturated heterocycles. The lowest BCUT2D eigenvalue weighted by Crippen LogP contribution is -1.97. The number of halogens is 2. The maximum atomic E-state index is 13.8. The molecule has 0 aliphatic heterocycles. The van der Waals surface area contributed by atoms with Crippen molar-refractivity contribution in [2.75, 3.05) is 6.61 Å². The summed E-state index contributed by atoms with van der Waals surface area (Å²) in [6.45, 7) is 2.96. The molecule has 0 N–H and O–H groups in total. The number of nitrogens with zero attached hydrogens (tertiary/aromatic N) is 1. The van der Waals surface area contributed by atoms with Gasteiger partial charge in [-0.1, -0.05) is 69.0 Å². The summed E-state index contributed by atoms with van der Waals surface area (Å²) in [6, 6.07) is 18.0. The molecule has 2 aromatic carbocycles. The molecular formula is C24H25F2NO. The lowest BCUT2D eigenvalue weighted by Gasteiger charge is -2.08. The van der Waals surface area contributed by atoms with E-state index in [0.29, 0.717) is 5.56 Å². The predicted octanol–water partition coefficient (Wildman–Crippen LogP) is 7.04. The van der Waals surface area contributed by atoms with Crippen molar-refractivity contribution in [3.8, 4) is 28.0 Å². The van der Waals surface area contributed by atoms with E-state index < -0.39 is 11.9 Å². The van der Waals surface area contributed by atoms with Gasteiger partial charge in [0.15, 0.2) is 0 Å². The fourth-order valence-corrected chi connectivity index (χ4v) is 3.11. The van der Waals surface area contributed by atoms with Gasteiger partial charge in [0.25, 0.3) is 0 Å². The molecule has 0 amide bonds. The zero-order chi connectivity index (χ0) is 19.8. The minimum absolute atomic E-state index is 0.288. The molecule has 0 atom stereocenters.